The molecule has 0 bridgehead atoms. The Morgan fingerprint density at radius 3 is 1.11 bits per heavy atom. The second kappa shape index (κ2) is 27.8. The van der Waals surface area contributed by atoms with Gasteiger partial charge in [0.2, 0.25) is 11.5 Å². The molecule has 4 aromatic rings. The van der Waals surface area contributed by atoms with E-state index >= 15 is 0 Å². The van der Waals surface area contributed by atoms with E-state index in [0.717, 1.165) is 24.0 Å². The second-order valence-electron chi connectivity index (χ2n) is 24.8. The summed E-state index contributed by atoms with van der Waals surface area (Å²) in [5, 5.41) is 0. The number of carbonyl (C=O) groups excluding carboxylic acids is 6. The Kier molecular flexibility index (Phi) is 23.3. The molecule has 0 unspecified atom stereocenters. The normalized spacial score (nSPS) is 12.2. The number of carbonyl (C=O) groups is 6. The van der Waals surface area contributed by atoms with Crippen LogP contribution < -0.4 is 37.9 Å². The van der Waals surface area contributed by atoms with Crippen molar-refractivity contribution in [2.45, 2.75) is 175 Å². The van der Waals surface area contributed by atoms with E-state index in [4.69, 9.17) is 37.9 Å². The average molecular weight is 1110 g/mol. The molecular formula is C66H88O14. The van der Waals surface area contributed by atoms with Crippen molar-refractivity contribution in [3.05, 3.63) is 106 Å². The van der Waals surface area contributed by atoms with Crippen LogP contribution >= 0.6 is 0 Å². The lowest BCUT2D eigenvalue weighted by atomic mass is 9.80. The first kappa shape index (κ1) is 67.1. The SMILES string of the molecule is CCC(C)(C)c1cc(C=CC(=O)c2ccc(OC(=O)C(C)(C)C)cc2)c(OC(C)C)c(OC)c1OC(=O)C(C)(C)C.CCCc1cc(C=CC(=O)c2ccc(OC(=O)C(C)(C)C)cc2)c(OC(C)C)c(OC)c1OC(=O)C(C)(C)C. The minimum atomic E-state index is -0.733. The highest BCUT2D eigenvalue weighted by atomic mass is 16.6. The molecule has 0 aliphatic rings. The molecule has 0 spiro atoms. The van der Waals surface area contributed by atoms with Crippen molar-refractivity contribution >= 4 is 47.6 Å². The van der Waals surface area contributed by atoms with Gasteiger partial charge in [-0.25, -0.2) is 0 Å². The summed E-state index contributed by atoms with van der Waals surface area (Å²) in [4.78, 5) is 76.2. The van der Waals surface area contributed by atoms with Crippen molar-refractivity contribution in [2.75, 3.05) is 14.2 Å². The Balaban J connectivity index is 0.000000421. The molecule has 4 rings (SSSR count). The van der Waals surface area contributed by atoms with Crippen LogP contribution in [0.4, 0.5) is 0 Å². The van der Waals surface area contributed by atoms with E-state index in [0.29, 0.717) is 74.7 Å². The fraction of sp³-hybridized carbons (Fsp3) is 0.485. The predicted molar refractivity (Wildman–Crippen MR) is 315 cm³/mol. The van der Waals surface area contributed by atoms with E-state index in [1.807, 2.05) is 46.8 Å². The van der Waals surface area contributed by atoms with Crippen molar-refractivity contribution in [3.8, 4) is 46.0 Å². The number of aryl methyl sites for hydroxylation is 1. The fourth-order valence-corrected chi connectivity index (χ4v) is 6.95. The molecule has 0 fully saturated rings. The van der Waals surface area contributed by atoms with Crippen LogP contribution in [0.1, 0.15) is 194 Å². The lowest BCUT2D eigenvalue weighted by molar-refractivity contribution is -0.143. The van der Waals surface area contributed by atoms with Crippen molar-refractivity contribution in [2.24, 2.45) is 21.7 Å². The van der Waals surface area contributed by atoms with E-state index in [9.17, 15) is 28.8 Å². The van der Waals surface area contributed by atoms with E-state index in [2.05, 4.69) is 20.8 Å². The van der Waals surface area contributed by atoms with E-state index in [1.165, 1.54) is 26.4 Å². The van der Waals surface area contributed by atoms with Crippen LogP contribution in [0.15, 0.2) is 72.8 Å². The summed E-state index contributed by atoms with van der Waals surface area (Å²) >= 11 is 0. The van der Waals surface area contributed by atoms with Gasteiger partial charge in [0, 0.05) is 27.8 Å². The van der Waals surface area contributed by atoms with E-state index < -0.39 is 27.6 Å². The molecule has 0 saturated carbocycles. The highest BCUT2D eigenvalue weighted by Crippen LogP contribution is 2.50. The predicted octanol–water partition coefficient (Wildman–Crippen LogP) is 15.2. The number of rotatable bonds is 20. The standard InChI is InChI=1S/C34H46O7.C32H42O7/c1-13-34(10,11)25-20-23(27(39-21(2)3)29(38-12)28(25)41-31(37)33(7,8)9)16-19-26(35)22-14-17-24(18-15-22)40-30(36)32(4,5)6;1-11-12-22-19-23(26(37-20(2)3)28(36-10)27(22)39-30(35)32(7,8)9)15-18-25(33)21-13-16-24(17-14-21)38-29(34)31(4,5)6/h14-21H,13H2,1-12H3;13-20H,11-12H2,1-10H3. The molecule has 80 heavy (non-hydrogen) atoms. The summed E-state index contributed by atoms with van der Waals surface area (Å²) in [6.07, 6.45) is 8.05. The van der Waals surface area contributed by atoms with Gasteiger partial charge in [-0.3, -0.25) is 28.8 Å². The second-order valence-corrected chi connectivity index (χ2v) is 24.8. The highest BCUT2D eigenvalue weighted by molar-refractivity contribution is 6.08. The third-order valence-electron chi connectivity index (χ3n) is 12.1. The largest absolute Gasteiger partial charge is 0.490 e. The van der Waals surface area contributed by atoms with Gasteiger partial charge in [-0.2, -0.15) is 0 Å². The first-order chi connectivity index (χ1) is 36.9. The van der Waals surface area contributed by atoms with Gasteiger partial charge in [0.25, 0.3) is 0 Å². The fourth-order valence-electron chi connectivity index (χ4n) is 6.95. The van der Waals surface area contributed by atoms with Crippen molar-refractivity contribution in [3.63, 3.8) is 0 Å². The maximum absolute atomic E-state index is 13.1. The number of methoxy groups -OCH3 is 2. The highest BCUT2D eigenvalue weighted by Gasteiger charge is 2.35. The Bertz CT molecular complexity index is 2890. The van der Waals surface area contributed by atoms with Gasteiger partial charge < -0.3 is 37.9 Å². The number of esters is 4. The lowest BCUT2D eigenvalue weighted by Crippen LogP contribution is -2.28. The molecule has 0 aromatic heterocycles. The van der Waals surface area contributed by atoms with Crippen LogP contribution in [0.5, 0.6) is 46.0 Å². The van der Waals surface area contributed by atoms with Crippen LogP contribution in [0.3, 0.4) is 0 Å². The minimum absolute atomic E-state index is 0.201. The maximum atomic E-state index is 13.1. The maximum Gasteiger partial charge on any atom is 0.316 e. The van der Waals surface area contributed by atoms with Crippen LogP contribution in [-0.2, 0) is 31.0 Å². The number of allylic oxidation sites excluding steroid dienone is 2. The van der Waals surface area contributed by atoms with E-state index in [-0.39, 0.29) is 47.1 Å². The minimum Gasteiger partial charge on any atom is -0.490 e. The summed E-state index contributed by atoms with van der Waals surface area (Å²) in [5.41, 5.74) is 0.556. The van der Waals surface area contributed by atoms with Crippen molar-refractivity contribution in [1.82, 2.24) is 0 Å². The summed E-state index contributed by atoms with van der Waals surface area (Å²) in [6, 6.07) is 16.6. The number of hydrogen-bond acceptors (Lipinski definition) is 14. The Morgan fingerprint density at radius 2 is 0.787 bits per heavy atom. The molecule has 0 aliphatic carbocycles. The Labute approximate surface area is 475 Å². The molecule has 0 saturated heterocycles. The third-order valence-corrected chi connectivity index (χ3v) is 12.1. The molecule has 436 valence electrons. The molecule has 14 nitrogen and oxygen atoms in total. The molecular weight excluding hydrogens is 1020 g/mol. The number of ketones is 2. The monoisotopic (exact) mass is 1100 g/mol. The number of hydrogen-bond donors (Lipinski definition) is 0. The smallest absolute Gasteiger partial charge is 0.316 e. The molecule has 0 N–H and O–H groups in total. The molecule has 4 aromatic carbocycles. The molecule has 14 heteroatoms. The Hall–Kier alpha value is -7.22. The summed E-state index contributed by atoms with van der Waals surface area (Å²) in [6.45, 7) is 37.1. The van der Waals surface area contributed by atoms with Crippen LogP contribution in [-0.4, -0.2) is 61.9 Å². The topological polar surface area (TPSA) is 176 Å². The van der Waals surface area contributed by atoms with Gasteiger partial charge in [0.05, 0.1) is 48.1 Å². The average Bonchev–Trinajstić information content (AvgIpc) is 3.35. The van der Waals surface area contributed by atoms with Gasteiger partial charge >= 0.3 is 23.9 Å². The van der Waals surface area contributed by atoms with Crippen LogP contribution in [0.2, 0.25) is 0 Å². The summed E-state index contributed by atoms with van der Waals surface area (Å²) in [5.74, 6) is 0.796. The van der Waals surface area contributed by atoms with Crippen LogP contribution in [0.25, 0.3) is 12.2 Å². The van der Waals surface area contributed by atoms with Gasteiger partial charge in [0.15, 0.2) is 34.6 Å². The Morgan fingerprint density at radius 1 is 0.450 bits per heavy atom. The molecule has 0 atom stereocenters. The quantitative estimate of drug-likeness (QED) is 0.0353. The van der Waals surface area contributed by atoms with Crippen molar-refractivity contribution < 1.29 is 66.7 Å². The molecule has 0 radical (unpaired) electrons. The zero-order chi connectivity index (χ0) is 60.9. The summed E-state index contributed by atoms with van der Waals surface area (Å²) < 4.78 is 46.4. The summed E-state index contributed by atoms with van der Waals surface area (Å²) in [7, 11) is 3.01. The first-order valence-electron chi connectivity index (χ1n) is 27.3. The zero-order valence-corrected chi connectivity index (χ0v) is 51.6. The first-order valence-corrected chi connectivity index (χ1v) is 27.3. The molecule has 0 amide bonds. The number of benzene rings is 4. The van der Waals surface area contributed by atoms with Crippen molar-refractivity contribution in [1.29, 1.82) is 0 Å². The van der Waals surface area contributed by atoms with Gasteiger partial charge in [-0.1, -0.05) is 34.1 Å². The molecule has 0 heterocycles. The van der Waals surface area contributed by atoms with Crippen LogP contribution in [0, 0.1) is 21.7 Å². The zero-order valence-electron chi connectivity index (χ0n) is 51.6. The van der Waals surface area contributed by atoms with Gasteiger partial charge in [0.1, 0.15) is 11.5 Å². The number of ether oxygens (including phenoxy) is 8. The molecule has 0 aliphatic heterocycles. The lowest BCUT2D eigenvalue weighted by Gasteiger charge is -2.30. The third kappa shape index (κ3) is 19.0. The van der Waals surface area contributed by atoms with Gasteiger partial charge in [-0.05, 0) is 220 Å². The van der Waals surface area contributed by atoms with Gasteiger partial charge in [-0.15, -0.1) is 0 Å². The van der Waals surface area contributed by atoms with E-state index in [1.54, 1.807) is 144 Å².